The van der Waals surface area contributed by atoms with Crippen LogP contribution in [0.3, 0.4) is 0 Å². The number of likely N-dealkylation sites (N-methyl/N-ethyl adjacent to an activating group) is 1. The van der Waals surface area contributed by atoms with Gasteiger partial charge >= 0.3 is 6.01 Å². The van der Waals surface area contributed by atoms with Crippen LogP contribution in [0.25, 0.3) is 0 Å². The molecule has 0 unspecified atom stereocenters. The third-order valence-corrected chi connectivity index (χ3v) is 1.87. The van der Waals surface area contributed by atoms with E-state index in [1.165, 1.54) is 0 Å². The number of nitrogens with one attached hydrogen (secondary N) is 3. The van der Waals surface area contributed by atoms with E-state index < -0.39 is 0 Å². The van der Waals surface area contributed by atoms with E-state index in [1.807, 2.05) is 20.8 Å². The van der Waals surface area contributed by atoms with Gasteiger partial charge in [0, 0.05) is 6.54 Å². The van der Waals surface area contributed by atoms with E-state index in [9.17, 15) is 4.79 Å². The predicted molar refractivity (Wildman–Crippen MR) is 70.6 cm³/mol. The number of rotatable bonds is 7. The molecule has 0 spiro atoms. The van der Waals surface area contributed by atoms with Crippen molar-refractivity contribution in [1.29, 1.82) is 0 Å². The lowest BCUT2D eigenvalue weighted by Crippen LogP contribution is -2.30. The molecule has 5 N–H and O–H groups in total. The monoisotopic (exact) mass is 269 g/mol. The molecule has 0 aromatic carbocycles. The fourth-order valence-corrected chi connectivity index (χ4v) is 1.18. The summed E-state index contributed by atoms with van der Waals surface area (Å²) in [5, 5.41) is 5.41. The van der Waals surface area contributed by atoms with Gasteiger partial charge in [-0.15, -0.1) is 0 Å². The Labute approximate surface area is 111 Å². The van der Waals surface area contributed by atoms with Crippen LogP contribution in [0.2, 0.25) is 0 Å². The van der Waals surface area contributed by atoms with Crippen molar-refractivity contribution in [1.82, 2.24) is 20.3 Å². The zero-order valence-corrected chi connectivity index (χ0v) is 11.2. The van der Waals surface area contributed by atoms with Crippen LogP contribution in [-0.2, 0) is 4.79 Å². The Hall–Kier alpha value is -2.16. The van der Waals surface area contributed by atoms with Gasteiger partial charge in [-0.25, -0.2) is 5.84 Å². The highest BCUT2D eigenvalue weighted by atomic mass is 16.5. The first-order chi connectivity index (χ1) is 9.05. The first kappa shape index (κ1) is 14.9. The second kappa shape index (κ2) is 7.31. The fourth-order valence-electron chi connectivity index (χ4n) is 1.18. The Morgan fingerprint density at radius 1 is 1.32 bits per heavy atom. The summed E-state index contributed by atoms with van der Waals surface area (Å²) in [6, 6.07) is 0.136. The molecule has 0 aliphatic heterocycles. The number of hydrazine groups is 1. The van der Waals surface area contributed by atoms with Crippen LogP contribution in [0, 0.1) is 0 Å². The van der Waals surface area contributed by atoms with Crippen molar-refractivity contribution in [3.05, 3.63) is 0 Å². The van der Waals surface area contributed by atoms with Gasteiger partial charge in [0.15, 0.2) is 0 Å². The van der Waals surface area contributed by atoms with Crippen molar-refractivity contribution in [2.45, 2.75) is 26.9 Å². The quantitative estimate of drug-likeness (QED) is 0.385. The number of ether oxygens (including phenoxy) is 1. The lowest BCUT2D eigenvalue weighted by molar-refractivity contribution is -0.119. The average Bonchev–Trinajstić information content (AvgIpc) is 2.35. The summed E-state index contributed by atoms with van der Waals surface area (Å²) in [4.78, 5) is 23.2. The summed E-state index contributed by atoms with van der Waals surface area (Å²) in [6.45, 7) is 6.16. The molecule has 19 heavy (non-hydrogen) atoms. The van der Waals surface area contributed by atoms with Crippen LogP contribution >= 0.6 is 0 Å². The maximum atomic E-state index is 11.3. The molecule has 0 bridgehead atoms. The molecule has 1 aromatic rings. The van der Waals surface area contributed by atoms with Crippen molar-refractivity contribution < 1.29 is 9.53 Å². The normalized spacial score (nSPS) is 10.2. The molecule has 1 amide bonds. The topological polar surface area (TPSA) is 127 Å². The summed E-state index contributed by atoms with van der Waals surface area (Å²) in [5.74, 6) is 5.47. The predicted octanol–water partition coefficient (Wildman–Crippen LogP) is -0.508. The molecular weight excluding hydrogens is 250 g/mol. The summed E-state index contributed by atoms with van der Waals surface area (Å²) in [7, 11) is 0. The molecule has 106 valence electrons. The average molecular weight is 269 g/mol. The molecule has 9 heteroatoms. The van der Waals surface area contributed by atoms with Gasteiger partial charge in [0.25, 0.3) is 0 Å². The number of nitrogen functional groups attached to an aromatic ring is 1. The van der Waals surface area contributed by atoms with E-state index in [0.29, 0.717) is 6.54 Å². The highest BCUT2D eigenvalue weighted by molar-refractivity contribution is 5.80. The molecule has 0 atom stereocenters. The maximum absolute atomic E-state index is 11.3. The van der Waals surface area contributed by atoms with Crippen LogP contribution in [-0.4, -0.2) is 40.1 Å². The number of nitrogens with two attached hydrogens (primary N) is 1. The summed E-state index contributed by atoms with van der Waals surface area (Å²) < 4.78 is 5.35. The van der Waals surface area contributed by atoms with E-state index in [0.717, 1.165) is 0 Å². The Bertz CT molecular complexity index is 424. The zero-order chi connectivity index (χ0) is 14.3. The van der Waals surface area contributed by atoms with Crippen molar-refractivity contribution in [3.8, 4) is 6.01 Å². The number of anilines is 2. The zero-order valence-electron chi connectivity index (χ0n) is 11.2. The molecule has 0 fully saturated rings. The minimum absolute atomic E-state index is 0.0585. The summed E-state index contributed by atoms with van der Waals surface area (Å²) in [6.07, 6.45) is -0.0794. The number of hydrogen-bond acceptors (Lipinski definition) is 8. The van der Waals surface area contributed by atoms with Crippen molar-refractivity contribution in [3.63, 3.8) is 0 Å². The lowest BCUT2D eigenvalue weighted by Gasteiger charge is -2.10. The molecule has 1 aromatic heterocycles. The smallest absolute Gasteiger partial charge is 0.323 e. The van der Waals surface area contributed by atoms with Crippen LogP contribution in [0.4, 0.5) is 11.9 Å². The molecule has 1 rings (SSSR count). The number of aromatic nitrogens is 3. The van der Waals surface area contributed by atoms with Crippen molar-refractivity contribution >= 4 is 17.8 Å². The molecule has 9 nitrogen and oxygen atoms in total. The van der Waals surface area contributed by atoms with E-state index >= 15 is 0 Å². The third-order valence-electron chi connectivity index (χ3n) is 1.87. The van der Waals surface area contributed by atoms with Crippen LogP contribution < -0.4 is 26.6 Å². The first-order valence-corrected chi connectivity index (χ1v) is 5.95. The van der Waals surface area contributed by atoms with E-state index in [4.69, 9.17) is 10.6 Å². The van der Waals surface area contributed by atoms with Gasteiger partial charge in [-0.2, -0.15) is 15.0 Å². The number of carbonyl (C=O) groups excluding carboxylic acids is 1. The molecule has 0 aliphatic carbocycles. The highest BCUT2D eigenvalue weighted by Gasteiger charge is 2.09. The minimum atomic E-state index is -0.156. The number of nitrogens with zero attached hydrogens (tertiary/aromatic N) is 3. The van der Waals surface area contributed by atoms with Crippen LogP contribution in [0.15, 0.2) is 0 Å². The Morgan fingerprint density at radius 2 is 2.00 bits per heavy atom. The highest BCUT2D eigenvalue weighted by Crippen LogP contribution is 2.11. The van der Waals surface area contributed by atoms with Crippen molar-refractivity contribution in [2.75, 3.05) is 23.8 Å². The van der Waals surface area contributed by atoms with Gasteiger partial charge in [-0.1, -0.05) is 0 Å². The minimum Gasteiger partial charge on any atom is -0.461 e. The molecule has 0 saturated heterocycles. The Kier molecular flexibility index (Phi) is 5.73. The van der Waals surface area contributed by atoms with Crippen LogP contribution in [0.5, 0.6) is 6.01 Å². The number of hydrogen-bond donors (Lipinski definition) is 4. The second-order valence-electron chi connectivity index (χ2n) is 3.88. The van der Waals surface area contributed by atoms with Gasteiger partial charge in [0.2, 0.25) is 17.8 Å². The fraction of sp³-hybridized carbons (Fsp3) is 0.600. The molecule has 0 saturated carbocycles. The molecule has 1 heterocycles. The largest absolute Gasteiger partial charge is 0.461 e. The summed E-state index contributed by atoms with van der Waals surface area (Å²) in [5.41, 5.74) is 2.31. The third kappa shape index (κ3) is 5.34. The second-order valence-corrected chi connectivity index (χ2v) is 3.88. The van der Waals surface area contributed by atoms with Crippen LogP contribution in [0.1, 0.15) is 20.8 Å². The number of amides is 1. The van der Waals surface area contributed by atoms with Gasteiger partial charge < -0.3 is 15.4 Å². The standard InChI is InChI=1S/C10H19N7O2/c1-4-12-7(18)5-13-8-14-9(17-11)16-10(15-8)19-6(2)3/h6H,4-5,11H2,1-3H3,(H,12,18)(H2,13,14,15,16,17). The maximum Gasteiger partial charge on any atom is 0.323 e. The Morgan fingerprint density at radius 3 is 2.58 bits per heavy atom. The number of carbonyl (C=O) groups is 1. The SMILES string of the molecule is CCNC(=O)CNc1nc(NN)nc(OC(C)C)n1. The summed E-state index contributed by atoms with van der Waals surface area (Å²) >= 11 is 0. The lowest BCUT2D eigenvalue weighted by atomic mass is 10.5. The van der Waals surface area contributed by atoms with Gasteiger partial charge in [0.1, 0.15) is 0 Å². The Balaban J connectivity index is 2.73. The van der Waals surface area contributed by atoms with E-state index in [1.54, 1.807) is 0 Å². The van der Waals surface area contributed by atoms with Crippen molar-refractivity contribution in [2.24, 2.45) is 5.84 Å². The van der Waals surface area contributed by atoms with E-state index in [2.05, 4.69) is 31.0 Å². The van der Waals surface area contributed by atoms with E-state index in [-0.39, 0.29) is 36.5 Å². The molecular formula is C10H19N7O2. The van der Waals surface area contributed by atoms with Gasteiger partial charge in [0.05, 0.1) is 12.6 Å². The first-order valence-electron chi connectivity index (χ1n) is 5.95. The molecule has 0 radical (unpaired) electrons. The van der Waals surface area contributed by atoms with Gasteiger partial charge in [-0.3, -0.25) is 10.2 Å². The van der Waals surface area contributed by atoms with Gasteiger partial charge in [-0.05, 0) is 20.8 Å². The molecule has 0 aliphatic rings.